The molecule has 2 rings (SSSR count). The van der Waals surface area contributed by atoms with Gasteiger partial charge in [-0.3, -0.25) is 4.79 Å². The number of amides is 1. The number of anilines is 1. The molecule has 0 aromatic heterocycles. The van der Waals surface area contributed by atoms with Gasteiger partial charge in [0.15, 0.2) is 12.7 Å². The standard InChI is InChI=1S/C21H25NO5/c1-13-6-8-18(15(3)10-13)26-12-20(23)27-16(4)21(24)22-17-11-14(2)7-9-19(17)25-5/h6-11,16H,12H2,1-5H3,(H,22,24)/t16-/m0/s1. The van der Waals surface area contributed by atoms with E-state index in [1.807, 2.05) is 39.0 Å². The maximum atomic E-state index is 12.3. The van der Waals surface area contributed by atoms with E-state index in [-0.39, 0.29) is 6.61 Å². The Labute approximate surface area is 159 Å². The third-order valence-electron chi connectivity index (χ3n) is 3.97. The molecule has 0 radical (unpaired) electrons. The van der Waals surface area contributed by atoms with Gasteiger partial charge in [-0.25, -0.2) is 4.79 Å². The summed E-state index contributed by atoms with van der Waals surface area (Å²) in [4.78, 5) is 24.3. The Balaban J connectivity index is 1.90. The largest absolute Gasteiger partial charge is 0.495 e. The van der Waals surface area contributed by atoms with Gasteiger partial charge >= 0.3 is 5.97 Å². The number of hydrogen-bond donors (Lipinski definition) is 1. The predicted molar refractivity (Wildman–Crippen MR) is 103 cm³/mol. The van der Waals surface area contributed by atoms with Crippen LogP contribution in [0.15, 0.2) is 36.4 Å². The molecule has 0 heterocycles. The molecule has 1 atom stereocenters. The molecule has 6 heteroatoms. The number of methoxy groups -OCH3 is 1. The molecule has 1 amide bonds. The minimum Gasteiger partial charge on any atom is -0.495 e. The second-order valence-corrected chi connectivity index (χ2v) is 6.38. The number of esters is 1. The summed E-state index contributed by atoms with van der Waals surface area (Å²) in [6.45, 7) is 7.03. The smallest absolute Gasteiger partial charge is 0.344 e. The van der Waals surface area contributed by atoms with Crippen LogP contribution in [0.1, 0.15) is 23.6 Å². The van der Waals surface area contributed by atoms with E-state index in [4.69, 9.17) is 14.2 Å². The number of benzene rings is 2. The lowest BCUT2D eigenvalue weighted by molar-refractivity contribution is -0.155. The van der Waals surface area contributed by atoms with E-state index in [9.17, 15) is 9.59 Å². The highest BCUT2D eigenvalue weighted by atomic mass is 16.6. The van der Waals surface area contributed by atoms with Crippen molar-refractivity contribution in [2.75, 3.05) is 19.0 Å². The molecule has 0 aliphatic rings. The molecule has 0 saturated heterocycles. The lowest BCUT2D eigenvalue weighted by Gasteiger charge is -2.16. The van der Waals surface area contributed by atoms with Gasteiger partial charge in [0.2, 0.25) is 0 Å². The van der Waals surface area contributed by atoms with E-state index < -0.39 is 18.0 Å². The molecule has 1 N–H and O–H groups in total. The summed E-state index contributed by atoms with van der Waals surface area (Å²) in [6, 6.07) is 11.1. The number of rotatable bonds is 7. The average Bonchev–Trinajstić information content (AvgIpc) is 2.61. The van der Waals surface area contributed by atoms with Crippen LogP contribution in [0, 0.1) is 20.8 Å². The van der Waals surface area contributed by atoms with Crippen LogP contribution in [0.25, 0.3) is 0 Å². The number of hydrogen-bond acceptors (Lipinski definition) is 5. The summed E-state index contributed by atoms with van der Waals surface area (Å²) < 4.78 is 15.9. The fourth-order valence-corrected chi connectivity index (χ4v) is 2.54. The first-order valence-corrected chi connectivity index (χ1v) is 8.65. The number of carbonyl (C=O) groups is 2. The van der Waals surface area contributed by atoms with Gasteiger partial charge in [0.05, 0.1) is 12.8 Å². The molecule has 0 fully saturated rings. The van der Waals surface area contributed by atoms with E-state index >= 15 is 0 Å². The Hall–Kier alpha value is -3.02. The summed E-state index contributed by atoms with van der Waals surface area (Å²) >= 11 is 0. The van der Waals surface area contributed by atoms with Crippen LogP contribution in [-0.2, 0) is 14.3 Å². The van der Waals surface area contributed by atoms with Crippen molar-refractivity contribution in [3.8, 4) is 11.5 Å². The molecule has 6 nitrogen and oxygen atoms in total. The highest BCUT2D eigenvalue weighted by Crippen LogP contribution is 2.25. The maximum Gasteiger partial charge on any atom is 0.344 e. The molecule has 0 bridgehead atoms. The second-order valence-electron chi connectivity index (χ2n) is 6.38. The summed E-state index contributed by atoms with van der Waals surface area (Å²) in [6.07, 6.45) is -0.967. The van der Waals surface area contributed by atoms with Crippen molar-refractivity contribution < 1.29 is 23.8 Å². The van der Waals surface area contributed by atoms with Crippen molar-refractivity contribution in [3.05, 3.63) is 53.1 Å². The van der Waals surface area contributed by atoms with E-state index in [1.54, 1.807) is 18.2 Å². The van der Waals surface area contributed by atoms with Crippen molar-refractivity contribution in [3.63, 3.8) is 0 Å². The van der Waals surface area contributed by atoms with Crippen LogP contribution in [0.2, 0.25) is 0 Å². The van der Waals surface area contributed by atoms with E-state index in [0.717, 1.165) is 16.7 Å². The molecule has 0 saturated carbocycles. The van der Waals surface area contributed by atoms with Gasteiger partial charge in [0, 0.05) is 0 Å². The normalized spacial score (nSPS) is 11.4. The van der Waals surface area contributed by atoms with Crippen molar-refractivity contribution >= 4 is 17.6 Å². The van der Waals surface area contributed by atoms with Crippen LogP contribution in [-0.4, -0.2) is 31.7 Å². The maximum absolute atomic E-state index is 12.3. The molecule has 2 aromatic rings. The van der Waals surface area contributed by atoms with Gasteiger partial charge < -0.3 is 19.5 Å². The minimum absolute atomic E-state index is 0.269. The van der Waals surface area contributed by atoms with Crippen molar-refractivity contribution in [1.82, 2.24) is 0 Å². The van der Waals surface area contributed by atoms with Gasteiger partial charge in [0.25, 0.3) is 5.91 Å². The Morgan fingerprint density at radius 1 is 1.00 bits per heavy atom. The number of carbonyl (C=O) groups excluding carboxylic acids is 2. The van der Waals surface area contributed by atoms with Crippen molar-refractivity contribution in [1.29, 1.82) is 0 Å². The molecule has 0 spiro atoms. The monoisotopic (exact) mass is 371 g/mol. The first-order valence-electron chi connectivity index (χ1n) is 8.65. The third kappa shape index (κ3) is 5.74. The topological polar surface area (TPSA) is 73.9 Å². The Morgan fingerprint density at radius 2 is 1.63 bits per heavy atom. The first-order chi connectivity index (χ1) is 12.8. The van der Waals surface area contributed by atoms with E-state index in [0.29, 0.717) is 17.2 Å². The summed E-state index contributed by atoms with van der Waals surface area (Å²) in [5.74, 6) is 0.0809. The van der Waals surface area contributed by atoms with Gasteiger partial charge in [-0.2, -0.15) is 0 Å². The predicted octanol–water partition coefficient (Wildman–Crippen LogP) is 3.57. The zero-order valence-electron chi connectivity index (χ0n) is 16.3. The molecular formula is C21H25NO5. The Bertz CT molecular complexity index is 831. The zero-order chi connectivity index (χ0) is 20.0. The average molecular weight is 371 g/mol. The van der Waals surface area contributed by atoms with Crippen molar-refractivity contribution in [2.24, 2.45) is 0 Å². The molecule has 144 valence electrons. The lowest BCUT2D eigenvalue weighted by Crippen LogP contribution is -2.31. The van der Waals surface area contributed by atoms with Crippen LogP contribution < -0.4 is 14.8 Å². The SMILES string of the molecule is COc1ccc(C)cc1NC(=O)[C@H](C)OC(=O)COc1ccc(C)cc1C. The number of ether oxygens (including phenoxy) is 3. The molecule has 0 unspecified atom stereocenters. The molecule has 0 aliphatic carbocycles. The van der Waals surface area contributed by atoms with E-state index in [1.165, 1.54) is 14.0 Å². The van der Waals surface area contributed by atoms with Crippen LogP contribution >= 0.6 is 0 Å². The Kier molecular flexibility index (Phi) is 6.82. The van der Waals surface area contributed by atoms with Crippen LogP contribution in [0.3, 0.4) is 0 Å². The van der Waals surface area contributed by atoms with Crippen molar-refractivity contribution in [2.45, 2.75) is 33.8 Å². The Morgan fingerprint density at radius 3 is 2.26 bits per heavy atom. The summed E-state index contributed by atoms with van der Waals surface area (Å²) in [5.41, 5.74) is 3.54. The van der Waals surface area contributed by atoms with Gasteiger partial charge in [-0.15, -0.1) is 0 Å². The molecule has 0 aliphatic heterocycles. The first kappa shape index (κ1) is 20.3. The van der Waals surface area contributed by atoms with Crippen LogP contribution in [0.4, 0.5) is 5.69 Å². The van der Waals surface area contributed by atoms with Gasteiger partial charge in [0.1, 0.15) is 11.5 Å². The highest BCUT2D eigenvalue weighted by molar-refractivity contribution is 5.96. The molecule has 27 heavy (non-hydrogen) atoms. The van der Waals surface area contributed by atoms with Crippen LogP contribution in [0.5, 0.6) is 11.5 Å². The summed E-state index contributed by atoms with van der Waals surface area (Å²) in [7, 11) is 1.52. The summed E-state index contributed by atoms with van der Waals surface area (Å²) in [5, 5.41) is 2.71. The number of nitrogens with one attached hydrogen (secondary N) is 1. The lowest BCUT2D eigenvalue weighted by atomic mass is 10.1. The quantitative estimate of drug-likeness (QED) is 0.753. The van der Waals surface area contributed by atoms with E-state index in [2.05, 4.69) is 5.32 Å². The van der Waals surface area contributed by atoms with Gasteiger partial charge in [-0.05, 0) is 57.0 Å². The molecule has 2 aromatic carbocycles. The zero-order valence-corrected chi connectivity index (χ0v) is 16.3. The minimum atomic E-state index is -0.967. The van der Waals surface area contributed by atoms with Gasteiger partial charge in [-0.1, -0.05) is 23.8 Å². The third-order valence-corrected chi connectivity index (χ3v) is 3.97. The fourth-order valence-electron chi connectivity index (χ4n) is 2.54. The number of aryl methyl sites for hydroxylation is 3. The highest BCUT2D eigenvalue weighted by Gasteiger charge is 2.20. The molecular weight excluding hydrogens is 346 g/mol. The fraction of sp³-hybridized carbons (Fsp3) is 0.333. The second kappa shape index (κ2) is 9.07.